The van der Waals surface area contributed by atoms with E-state index in [1.807, 2.05) is 50.2 Å². The molecule has 0 spiro atoms. The van der Waals surface area contributed by atoms with E-state index in [-0.39, 0.29) is 11.9 Å². The summed E-state index contributed by atoms with van der Waals surface area (Å²) in [5, 5.41) is 11.9. The van der Waals surface area contributed by atoms with Crippen molar-refractivity contribution in [2.45, 2.75) is 19.9 Å². The van der Waals surface area contributed by atoms with Crippen molar-refractivity contribution >= 4 is 27.8 Å². The maximum atomic E-state index is 12.7. The van der Waals surface area contributed by atoms with E-state index in [1.54, 1.807) is 12.3 Å². The highest BCUT2D eigenvalue weighted by molar-refractivity contribution is 6.05. The molecule has 2 aromatic heterocycles. The highest BCUT2D eigenvalue weighted by Crippen LogP contribution is 2.29. The van der Waals surface area contributed by atoms with Gasteiger partial charge in [0.25, 0.3) is 5.91 Å². The molecule has 2 N–H and O–H groups in total. The summed E-state index contributed by atoms with van der Waals surface area (Å²) in [5.41, 5.74) is 3.20. The molecule has 0 saturated heterocycles. The Morgan fingerprint density at radius 3 is 2.88 bits per heavy atom. The number of carbonyl (C=O) groups excluding carboxylic acids is 1. The largest absolute Gasteiger partial charge is 0.459 e. The first-order valence-electron chi connectivity index (χ1n) is 7.86. The number of para-hydroxylation sites is 2. The zero-order chi connectivity index (χ0) is 16.7. The van der Waals surface area contributed by atoms with Crippen molar-refractivity contribution in [2.24, 2.45) is 0 Å². The molecule has 5 heteroatoms. The number of nitrogens with zero attached hydrogens (tertiary/aromatic N) is 1. The van der Waals surface area contributed by atoms with Crippen molar-refractivity contribution in [1.82, 2.24) is 15.5 Å². The van der Waals surface area contributed by atoms with E-state index in [2.05, 4.69) is 15.5 Å². The van der Waals surface area contributed by atoms with Crippen LogP contribution in [0.25, 0.3) is 21.9 Å². The average Bonchev–Trinajstić information content (AvgIpc) is 3.19. The van der Waals surface area contributed by atoms with Gasteiger partial charge in [-0.1, -0.05) is 30.3 Å². The van der Waals surface area contributed by atoms with Crippen LogP contribution in [0, 0.1) is 6.92 Å². The summed E-state index contributed by atoms with van der Waals surface area (Å²) < 4.78 is 5.93. The predicted molar refractivity (Wildman–Crippen MR) is 92.9 cm³/mol. The van der Waals surface area contributed by atoms with Crippen LogP contribution in [0.5, 0.6) is 0 Å². The third-order valence-electron chi connectivity index (χ3n) is 4.34. The summed E-state index contributed by atoms with van der Waals surface area (Å²) in [6, 6.07) is 13.2. The van der Waals surface area contributed by atoms with Crippen molar-refractivity contribution in [3.05, 3.63) is 65.5 Å². The van der Waals surface area contributed by atoms with Crippen LogP contribution in [-0.4, -0.2) is 16.1 Å². The predicted octanol–water partition coefficient (Wildman–Crippen LogP) is 4.11. The van der Waals surface area contributed by atoms with Crippen molar-refractivity contribution < 1.29 is 9.21 Å². The van der Waals surface area contributed by atoms with Crippen molar-refractivity contribution in [3.63, 3.8) is 0 Å². The fourth-order valence-corrected chi connectivity index (χ4v) is 3.10. The molecule has 4 rings (SSSR count). The highest BCUT2D eigenvalue weighted by atomic mass is 16.3. The van der Waals surface area contributed by atoms with Crippen LogP contribution in [0.4, 0.5) is 0 Å². The Morgan fingerprint density at radius 2 is 2.04 bits per heavy atom. The summed E-state index contributed by atoms with van der Waals surface area (Å²) in [5.74, 6) is 0.624. The molecule has 0 aliphatic rings. The van der Waals surface area contributed by atoms with E-state index >= 15 is 0 Å². The third-order valence-corrected chi connectivity index (χ3v) is 4.34. The molecule has 2 aromatic carbocycles. The number of aryl methyl sites for hydroxylation is 1. The number of benzene rings is 2. The van der Waals surface area contributed by atoms with E-state index < -0.39 is 0 Å². The van der Waals surface area contributed by atoms with E-state index in [0.29, 0.717) is 5.56 Å². The van der Waals surface area contributed by atoms with Crippen LogP contribution in [0.2, 0.25) is 0 Å². The molecule has 0 radical (unpaired) electrons. The van der Waals surface area contributed by atoms with Crippen LogP contribution in [0.1, 0.15) is 34.6 Å². The minimum atomic E-state index is -0.233. The maximum absolute atomic E-state index is 12.7. The maximum Gasteiger partial charge on any atom is 0.254 e. The quantitative estimate of drug-likeness (QED) is 0.597. The van der Waals surface area contributed by atoms with Gasteiger partial charge >= 0.3 is 0 Å². The molecule has 1 atom stereocenters. The zero-order valence-electron chi connectivity index (χ0n) is 13.5. The number of H-pyrrole nitrogens is 1. The van der Waals surface area contributed by atoms with Gasteiger partial charge in [-0.05, 0) is 26.0 Å². The Hall–Kier alpha value is -3.08. The topological polar surface area (TPSA) is 70.9 Å². The summed E-state index contributed by atoms with van der Waals surface area (Å²) in [6.07, 6.45) is 1.71. The second-order valence-electron chi connectivity index (χ2n) is 5.92. The Kier molecular flexibility index (Phi) is 3.34. The lowest BCUT2D eigenvalue weighted by Gasteiger charge is -2.13. The van der Waals surface area contributed by atoms with Crippen LogP contribution in [0.15, 0.2) is 53.1 Å². The van der Waals surface area contributed by atoms with E-state index in [0.717, 1.165) is 33.2 Å². The van der Waals surface area contributed by atoms with Crippen LogP contribution in [-0.2, 0) is 0 Å². The summed E-state index contributed by atoms with van der Waals surface area (Å²) in [4.78, 5) is 12.7. The fourth-order valence-electron chi connectivity index (χ4n) is 3.10. The Balaban J connectivity index is 1.65. The lowest BCUT2D eigenvalue weighted by atomic mass is 10.1. The average molecular weight is 319 g/mol. The van der Waals surface area contributed by atoms with E-state index in [4.69, 9.17) is 4.42 Å². The van der Waals surface area contributed by atoms with Gasteiger partial charge in [-0.2, -0.15) is 5.10 Å². The molecule has 1 unspecified atom stereocenters. The number of aromatic amines is 1. The first-order valence-corrected chi connectivity index (χ1v) is 7.86. The number of carbonyl (C=O) groups is 1. The highest BCUT2D eigenvalue weighted by Gasteiger charge is 2.20. The smallest absolute Gasteiger partial charge is 0.254 e. The monoisotopic (exact) mass is 319 g/mol. The minimum Gasteiger partial charge on any atom is -0.459 e. The lowest BCUT2D eigenvalue weighted by Crippen LogP contribution is -2.27. The van der Waals surface area contributed by atoms with Crippen LogP contribution in [0.3, 0.4) is 0 Å². The number of amides is 1. The minimum absolute atomic E-state index is 0.155. The summed E-state index contributed by atoms with van der Waals surface area (Å²) in [6.45, 7) is 3.94. The van der Waals surface area contributed by atoms with Gasteiger partial charge in [0.1, 0.15) is 11.3 Å². The number of rotatable bonds is 3. The van der Waals surface area contributed by atoms with Crippen LogP contribution >= 0.6 is 0 Å². The van der Waals surface area contributed by atoms with Crippen LogP contribution < -0.4 is 5.32 Å². The van der Waals surface area contributed by atoms with E-state index in [9.17, 15) is 4.79 Å². The molecule has 2 heterocycles. The molecule has 0 fully saturated rings. The van der Waals surface area contributed by atoms with Gasteiger partial charge < -0.3 is 9.73 Å². The number of furan rings is 1. The van der Waals surface area contributed by atoms with Crippen molar-refractivity contribution in [1.29, 1.82) is 0 Å². The van der Waals surface area contributed by atoms with Gasteiger partial charge in [0.05, 0.1) is 23.3 Å². The van der Waals surface area contributed by atoms with Gasteiger partial charge in [-0.25, -0.2) is 0 Å². The van der Waals surface area contributed by atoms with Crippen molar-refractivity contribution in [2.75, 3.05) is 0 Å². The standard InChI is InChI=1S/C19H17N3O2/c1-11-14-7-3-4-9-16(14)24-18(11)12(2)21-19(23)15-8-5-6-13-10-20-22-17(13)15/h3-10,12H,1-2H3,(H,20,22)(H,21,23). The second kappa shape index (κ2) is 5.53. The van der Waals surface area contributed by atoms with Gasteiger partial charge in [0.15, 0.2) is 0 Å². The van der Waals surface area contributed by atoms with Crippen molar-refractivity contribution in [3.8, 4) is 0 Å². The number of nitrogens with one attached hydrogen (secondary N) is 2. The molecular weight excluding hydrogens is 302 g/mol. The fraction of sp³-hybridized carbons (Fsp3) is 0.158. The third kappa shape index (κ3) is 2.25. The molecule has 0 aliphatic carbocycles. The van der Waals surface area contributed by atoms with Gasteiger partial charge in [0.2, 0.25) is 0 Å². The number of hydrogen-bond donors (Lipinski definition) is 2. The lowest BCUT2D eigenvalue weighted by molar-refractivity contribution is 0.0937. The molecule has 120 valence electrons. The first-order chi connectivity index (χ1) is 11.6. The molecular formula is C19H17N3O2. The molecule has 4 aromatic rings. The number of aromatic nitrogens is 2. The normalized spacial score (nSPS) is 12.6. The Morgan fingerprint density at radius 1 is 1.21 bits per heavy atom. The molecule has 24 heavy (non-hydrogen) atoms. The summed E-state index contributed by atoms with van der Waals surface area (Å²) >= 11 is 0. The molecule has 0 saturated carbocycles. The van der Waals surface area contributed by atoms with Gasteiger partial charge in [-0.3, -0.25) is 9.89 Å². The van der Waals surface area contributed by atoms with Gasteiger partial charge in [0, 0.05) is 16.3 Å². The SMILES string of the molecule is Cc1c(C(C)NC(=O)c2cccc3cn[nH]c23)oc2ccccc12. The first kappa shape index (κ1) is 14.5. The molecule has 0 aliphatic heterocycles. The Bertz CT molecular complexity index is 1050. The molecule has 0 bridgehead atoms. The van der Waals surface area contributed by atoms with Gasteiger partial charge in [-0.15, -0.1) is 0 Å². The molecule has 1 amide bonds. The second-order valence-corrected chi connectivity index (χ2v) is 5.92. The zero-order valence-corrected chi connectivity index (χ0v) is 13.5. The van der Waals surface area contributed by atoms with E-state index in [1.165, 1.54) is 0 Å². The summed E-state index contributed by atoms with van der Waals surface area (Å²) in [7, 11) is 0. The number of hydrogen-bond acceptors (Lipinski definition) is 3. The Labute approximate surface area is 138 Å². The number of fused-ring (bicyclic) bond motifs is 2. The molecule has 5 nitrogen and oxygen atoms in total.